The fourth-order valence-electron chi connectivity index (χ4n) is 9.83. The first-order chi connectivity index (χ1) is 32.0. The summed E-state index contributed by atoms with van der Waals surface area (Å²) < 4.78 is 18.1. The average molecular weight is 871 g/mol. The average Bonchev–Trinajstić information content (AvgIpc) is 3.81. The standard InChI is InChI=1S/C56H54N8O2/c1-35(2)61(36(3)4)40-22-26-57-54(30-40)63-50-16-11-9-14-46(50)48-20-18-42(33-52(48)63)65-44-28-39(56-59-24-13-25-60-56)29-45(32-44)66-43-19-21-49-47-15-10-12-17-51(47)64(53(49)34-43)55-31-41(23-27-58-55)62(37(5)6)38(7)8/h9-38H,1-8H3. The third-order valence-corrected chi connectivity index (χ3v) is 12.2. The van der Waals surface area contributed by atoms with Gasteiger partial charge in [0.25, 0.3) is 0 Å². The maximum absolute atomic E-state index is 6.80. The second-order valence-electron chi connectivity index (χ2n) is 18.0. The zero-order chi connectivity index (χ0) is 45.6. The van der Waals surface area contributed by atoms with Gasteiger partial charge in [-0.15, -0.1) is 0 Å². The molecule has 0 atom stereocenters. The van der Waals surface area contributed by atoms with E-state index in [1.807, 2.05) is 48.8 Å². The van der Waals surface area contributed by atoms with E-state index in [0.29, 0.717) is 53.0 Å². The van der Waals surface area contributed by atoms with E-state index in [2.05, 4.69) is 181 Å². The highest BCUT2D eigenvalue weighted by Gasteiger charge is 2.21. The van der Waals surface area contributed by atoms with E-state index in [9.17, 15) is 0 Å². The van der Waals surface area contributed by atoms with Crippen LogP contribution < -0.4 is 19.3 Å². The molecule has 0 unspecified atom stereocenters. The molecule has 0 aliphatic carbocycles. The summed E-state index contributed by atoms with van der Waals surface area (Å²) in [6.45, 7) is 17.8. The topological polar surface area (TPSA) is 86.4 Å². The molecule has 5 heterocycles. The fourth-order valence-corrected chi connectivity index (χ4v) is 9.83. The molecule has 10 nitrogen and oxygen atoms in total. The summed E-state index contributed by atoms with van der Waals surface area (Å²) in [6.07, 6.45) is 7.29. The van der Waals surface area contributed by atoms with E-state index in [4.69, 9.17) is 19.4 Å². The SMILES string of the molecule is CC(C)N(c1ccnc(-n2c3ccccc3c3ccc(Oc4cc(Oc5ccc6c7ccccc7n(-c7cc(N(C(C)C)C(C)C)ccn7)c6c5)cc(-c5ncccn5)c4)cc32)c1)C(C)C. The Morgan fingerprint density at radius 1 is 0.379 bits per heavy atom. The second-order valence-corrected chi connectivity index (χ2v) is 18.0. The minimum atomic E-state index is 0.324. The fraction of sp³-hybridized carbons (Fsp3) is 0.214. The van der Waals surface area contributed by atoms with Gasteiger partial charge in [0.15, 0.2) is 5.82 Å². The largest absolute Gasteiger partial charge is 0.457 e. The Morgan fingerprint density at radius 2 is 0.803 bits per heavy atom. The third kappa shape index (κ3) is 7.82. The molecule has 0 fully saturated rings. The number of benzene rings is 5. The van der Waals surface area contributed by atoms with E-state index < -0.39 is 0 Å². The number of nitrogens with zero attached hydrogens (tertiary/aromatic N) is 8. The van der Waals surface area contributed by atoms with E-state index in [1.54, 1.807) is 12.4 Å². The molecule has 0 aliphatic rings. The van der Waals surface area contributed by atoms with Crippen molar-refractivity contribution in [2.24, 2.45) is 0 Å². The van der Waals surface area contributed by atoms with Gasteiger partial charge in [-0.05, 0) is 122 Å². The monoisotopic (exact) mass is 870 g/mol. The molecule has 0 aliphatic heterocycles. The number of fused-ring (bicyclic) bond motifs is 6. The first kappa shape index (κ1) is 42.2. The molecule has 0 spiro atoms. The van der Waals surface area contributed by atoms with Gasteiger partial charge in [-0.25, -0.2) is 19.9 Å². The van der Waals surface area contributed by atoms with Crippen LogP contribution in [0.1, 0.15) is 55.4 Å². The lowest BCUT2D eigenvalue weighted by molar-refractivity contribution is 0.461. The molecule has 0 N–H and O–H groups in total. The van der Waals surface area contributed by atoms with Gasteiger partial charge in [0.1, 0.15) is 34.6 Å². The van der Waals surface area contributed by atoms with Crippen molar-refractivity contribution in [1.29, 1.82) is 0 Å². The molecule has 10 rings (SSSR count). The van der Waals surface area contributed by atoms with Crippen LogP contribution in [0, 0.1) is 0 Å². The number of anilines is 2. The van der Waals surface area contributed by atoms with E-state index in [-0.39, 0.29) is 0 Å². The van der Waals surface area contributed by atoms with E-state index in [1.165, 1.54) is 0 Å². The first-order valence-corrected chi connectivity index (χ1v) is 22.9. The van der Waals surface area contributed by atoms with Crippen LogP contribution in [0.4, 0.5) is 11.4 Å². The number of pyridine rings is 2. The molecule has 66 heavy (non-hydrogen) atoms. The molecule has 5 aromatic carbocycles. The Morgan fingerprint density at radius 3 is 1.24 bits per heavy atom. The summed E-state index contributed by atoms with van der Waals surface area (Å²) in [6, 6.07) is 46.9. The molecule has 330 valence electrons. The first-order valence-electron chi connectivity index (χ1n) is 22.9. The molecule has 0 saturated carbocycles. The Balaban J connectivity index is 1.05. The van der Waals surface area contributed by atoms with Crippen molar-refractivity contribution in [2.75, 3.05) is 9.80 Å². The Hall–Kier alpha value is -7.72. The van der Waals surface area contributed by atoms with Crippen molar-refractivity contribution in [3.05, 3.63) is 158 Å². The highest BCUT2D eigenvalue weighted by atomic mass is 16.5. The smallest absolute Gasteiger partial charge is 0.159 e. The Labute approximate surface area is 385 Å². The zero-order valence-electron chi connectivity index (χ0n) is 38.7. The second kappa shape index (κ2) is 17.3. The van der Waals surface area contributed by atoms with Gasteiger partial charge in [0, 0.05) is 118 Å². The minimum absolute atomic E-state index is 0.324. The van der Waals surface area contributed by atoms with Gasteiger partial charge in [-0.2, -0.15) is 0 Å². The predicted octanol–water partition coefficient (Wildman–Crippen LogP) is 14.0. The predicted molar refractivity (Wildman–Crippen MR) is 270 cm³/mol. The third-order valence-electron chi connectivity index (χ3n) is 12.2. The van der Waals surface area contributed by atoms with Crippen LogP contribution in [-0.2, 0) is 0 Å². The highest BCUT2D eigenvalue weighted by molar-refractivity contribution is 6.10. The maximum atomic E-state index is 6.80. The van der Waals surface area contributed by atoms with Crippen LogP contribution >= 0.6 is 0 Å². The lowest BCUT2D eigenvalue weighted by atomic mass is 10.1. The molecular formula is C56H54N8O2. The quantitative estimate of drug-likeness (QED) is 0.113. The van der Waals surface area contributed by atoms with Crippen LogP contribution in [0.25, 0.3) is 66.6 Å². The van der Waals surface area contributed by atoms with E-state index >= 15 is 0 Å². The zero-order valence-corrected chi connectivity index (χ0v) is 38.7. The van der Waals surface area contributed by atoms with Crippen LogP contribution in [0.2, 0.25) is 0 Å². The van der Waals surface area contributed by atoms with Crippen LogP contribution in [0.15, 0.2) is 158 Å². The summed E-state index contributed by atoms with van der Waals surface area (Å²) in [5.41, 5.74) is 7.13. The van der Waals surface area contributed by atoms with Crippen LogP contribution in [0.3, 0.4) is 0 Å². The highest BCUT2D eigenvalue weighted by Crippen LogP contribution is 2.40. The van der Waals surface area contributed by atoms with Crippen LogP contribution in [0.5, 0.6) is 23.0 Å². The number of hydrogen-bond acceptors (Lipinski definition) is 8. The molecule has 0 radical (unpaired) electrons. The van der Waals surface area contributed by atoms with Crippen molar-refractivity contribution in [1.82, 2.24) is 29.1 Å². The normalized spacial score (nSPS) is 11.9. The molecule has 0 amide bonds. The molecule has 0 bridgehead atoms. The van der Waals surface area contributed by atoms with Gasteiger partial charge in [0.2, 0.25) is 0 Å². The lowest BCUT2D eigenvalue weighted by Crippen LogP contribution is -2.37. The van der Waals surface area contributed by atoms with Crippen LogP contribution in [-0.4, -0.2) is 53.2 Å². The number of rotatable bonds is 13. The summed E-state index contributed by atoms with van der Waals surface area (Å²) in [4.78, 5) is 23.9. The number of para-hydroxylation sites is 2. The number of ether oxygens (including phenoxy) is 2. The van der Waals surface area contributed by atoms with Crippen molar-refractivity contribution >= 4 is 55.0 Å². The molecule has 10 heteroatoms. The van der Waals surface area contributed by atoms with Gasteiger partial charge in [-0.3, -0.25) is 9.13 Å². The number of aromatic nitrogens is 6. The van der Waals surface area contributed by atoms with Crippen molar-refractivity contribution < 1.29 is 9.47 Å². The van der Waals surface area contributed by atoms with Gasteiger partial charge in [-0.1, -0.05) is 36.4 Å². The lowest BCUT2D eigenvalue weighted by Gasteiger charge is -2.33. The van der Waals surface area contributed by atoms with Gasteiger partial charge >= 0.3 is 0 Å². The molecular weight excluding hydrogens is 817 g/mol. The van der Waals surface area contributed by atoms with Gasteiger partial charge < -0.3 is 19.3 Å². The summed E-state index contributed by atoms with van der Waals surface area (Å²) in [7, 11) is 0. The van der Waals surface area contributed by atoms with Gasteiger partial charge in [0.05, 0.1) is 22.1 Å². The van der Waals surface area contributed by atoms with Crippen molar-refractivity contribution in [2.45, 2.75) is 79.6 Å². The minimum Gasteiger partial charge on any atom is -0.457 e. The molecule has 10 aromatic rings. The molecule has 5 aromatic heterocycles. The van der Waals surface area contributed by atoms with Crippen molar-refractivity contribution in [3.8, 4) is 46.0 Å². The van der Waals surface area contributed by atoms with Crippen molar-refractivity contribution in [3.63, 3.8) is 0 Å². The summed E-state index contributed by atoms with van der Waals surface area (Å²) in [5, 5.41) is 4.50. The number of hydrogen-bond donors (Lipinski definition) is 0. The summed E-state index contributed by atoms with van der Waals surface area (Å²) in [5.74, 6) is 4.74. The Kier molecular flexibility index (Phi) is 11.1. The summed E-state index contributed by atoms with van der Waals surface area (Å²) >= 11 is 0. The van der Waals surface area contributed by atoms with E-state index in [0.717, 1.165) is 72.2 Å². The Bertz CT molecular complexity index is 3150. The molecule has 0 saturated heterocycles. The maximum Gasteiger partial charge on any atom is 0.159 e.